The lowest BCUT2D eigenvalue weighted by Crippen LogP contribution is -2.32. The summed E-state index contributed by atoms with van der Waals surface area (Å²) in [6, 6.07) is 14.6. The minimum atomic E-state index is -0.348. The first kappa shape index (κ1) is 37.7. The summed E-state index contributed by atoms with van der Waals surface area (Å²) in [7, 11) is 7.96. The lowest BCUT2D eigenvalue weighted by molar-refractivity contribution is -0.129. The summed E-state index contributed by atoms with van der Waals surface area (Å²) in [5.41, 5.74) is 7.73. The number of hydrogen-bond donors (Lipinski definition) is 3. The maximum Gasteiger partial charge on any atom is 0.229 e. The van der Waals surface area contributed by atoms with Crippen molar-refractivity contribution in [3.05, 3.63) is 71.0 Å². The number of carbonyl (C=O) groups is 2. The summed E-state index contributed by atoms with van der Waals surface area (Å²) in [6.07, 6.45) is 4.06. The monoisotopic (exact) mass is 698 g/mol. The molecular formula is C39H54N8O4. The normalized spacial score (nSPS) is 13.6. The fourth-order valence-corrected chi connectivity index (χ4v) is 6.45. The molecule has 3 heterocycles. The van der Waals surface area contributed by atoms with Crippen molar-refractivity contribution in [2.24, 2.45) is 0 Å². The van der Waals surface area contributed by atoms with Crippen LogP contribution < -0.4 is 20.7 Å². The van der Waals surface area contributed by atoms with Crippen molar-refractivity contribution >= 4 is 28.5 Å². The van der Waals surface area contributed by atoms with Crippen molar-refractivity contribution in [2.45, 2.75) is 71.8 Å². The predicted octanol–water partition coefficient (Wildman–Crippen LogP) is 4.60. The van der Waals surface area contributed by atoms with E-state index >= 15 is 0 Å². The van der Waals surface area contributed by atoms with Gasteiger partial charge in [0, 0.05) is 75.3 Å². The highest BCUT2D eigenvalue weighted by Crippen LogP contribution is 2.33. The molecule has 0 saturated carbocycles. The topological polar surface area (TPSA) is 126 Å². The first-order valence-corrected chi connectivity index (χ1v) is 18.0. The fourth-order valence-electron chi connectivity index (χ4n) is 6.45. The van der Waals surface area contributed by atoms with E-state index in [2.05, 4.69) is 83.2 Å². The van der Waals surface area contributed by atoms with Gasteiger partial charge >= 0.3 is 0 Å². The molecule has 12 nitrogen and oxygen atoms in total. The number of carbonyl (C=O) groups excluding carboxylic acids is 2. The summed E-state index contributed by atoms with van der Waals surface area (Å²) in [5, 5.41) is 15.1. The van der Waals surface area contributed by atoms with E-state index in [1.807, 2.05) is 36.0 Å². The Morgan fingerprint density at radius 1 is 0.980 bits per heavy atom. The molecule has 51 heavy (non-hydrogen) atoms. The van der Waals surface area contributed by atoms with Crippen LogP contribution in [-0.2, 0) is 46.9 Å². The molecular weight excluding hydrogens is 644 g/mol. The van der Waals surface area contributed by atoms with E-state index in [-0.39, 0.29) is 37.4 Å². The number of fused-ring (bicyclic) bond motifs is 1. The third kappa shape index (κ3) is 10.1. The molecule has 1 saturated heterocycles. The number of ether oxygens (including phenoxy) is 2. The molecule has 0 unspecified atom stereocenters. The quantitative estimate of drug-likeness (QED) is 0.136. The summed E-state index contributed by atoms with van der Waals surface area (Å²) >= 11 is 0. The van der Waals surface area contributed by atoms with Crippen LogP contribution in [0.4, 0.5) is 5.69 Å². The van der Waals surface area contributed by atoms with Gasteiger partial charge < -0.3 is 35.2 Å². The van der Waals surface area contributed by atoms with Crippen molar-refractivity contribution < 1.29 is 19.1 Å². The summed E-state index contributed by atoms with van der Waals surface area (Å²) in [6.45, 7) is 9.59. The number of nitrogens with zero attached hydrogens (tertiary/aromatic N) is 5. The molecule has 5 rings (SSSR count). The molecule has 2 aromatic carbocycles. The van der Waals surface area contributed by atoms with Gasteiger partial charge in [0.1, 0.15) is 12.2 Å². The number of methoxy groups -OCH3 is 1. The summed E-state index contributed by atoms with van der Waals surface area (Å²) < 4.78 is 13.2. The van der Waals surface area contributed by atoms with E-state index in [0.717, 1.165) is 82.9 Å². The van der Waals surface area contributed by atoms with Gasteiger partial charge in [-0.3, -0.25) is 9.59 Å². The van der Waals surface area contributed by atoms with Gasteiger partial charge in [0.15, 0.2) is 5.65 Å². The third-order valence-electron chi connectivity index (χ3n) is 9.33. The van der Waals surface area contributed by atoms with Crippen molar-refractivity contribution in [2.75, 3.05) is 59.9 Å². The number of pyridine rings is 1. The van der Waals surface area contributed by atoms with E-state index in [1.54, 1.807) is 7.11 Å². The zero-order valence-electron chi connectivity index (χ0n) is 31.1. The number of aryl methyl sites for hydroxylation is 2. The van der Waals surface area contributed by atoms with Crippen LogP contribution in [0.3, 0.4) is 0 Å². The Hall–Kier alpha value is -4.52. The molecule has 0 radical (unpaired) electrons. The summed E-state index contributed by atoms with van der Waals surface area (Å²) in [5.74, 6) is 0.0646. The van der Waals surface area contributed by atoms with Crippen LogP contribution in [0.25, 0.3) is 22.2 Å². The Morgan fingerprint density at radius 3 is 2.45 bits per heavy atom. The molecule has 12 heteroatoms. The molecule has 4 aromatic rings. The lowest BCUT2D eigenvalue weighted by atomic mass is 9.99. The number of aromatic nitrogens is 3. The standard InChI is InChI=1S/C39H54N8O4/c1-7-34-32(38(43-30-14-18-51-19-15-30)33-25-42-47(8-2)39(33)44-34)24-41-37(49)22-36(48)40-23-27-12-13-35(50-6)31(21-27)29-11-9-10-28(20-29)26-46(5)17-16-45(3)4/h9-13,20-21,25,30H,7-8,14-19,22-24,26H2,1-6H3,(H,40,48)(H,41,49)(H,43,44). The van der Waals surface area contributed by atoms with Gasteiger partial charge in [-0.05, 0) is 82.2 Å². The van der Waals surface area contributed by atoms with Crippen LogP contribution in [0.15, 0.2) is 48.7 Å². The third-order valence-corrected chi connectivity index (χ3v) is 9.33. The van der Waals surface area contributed by atoms with Gasteiger partial charge in [-0.1, -0.05) is 31.2 Å². The average molecular weight is 699 g/mol. The van der Waals surface area contributed by atoms with Gasteiger partial charge in [-0.2, -0.15) is 5.10 Å². The SMILES string of the molecule is CCc1nc2c(cnn2CC)c(NC2CCOCC2)c1CNC(=O)CC(=O)NCc1ccc(OC)c(-c2cccc(CN(C)CCN(C)C)c2)c1. The average Bonchev–Trinajstić information content (AvgIpc) is 3.55. The first-order chi connectivity index (χ1) is 24.7. The van der Waals surface area contributed by atoms with Gasteiger partial charge in [0.2, 0.25) is 11.8 Å². The number of likely N-dealkylation sites (N-methyl/N-ethyl adjacent to an activating group) is 2. The van der Waals surface area contributed by atoms with Crippen LogP contribution >= 0.6 is 0 Å². The van der Waals surface area contributed by atoms with E-state index in [1.165, 1.54) is 5.56 Å². The Labute approximate surface area is 301 Å². The van der Waals surface area contributed by atoms with Crippen molar-refractivity contribution in [3.8, 4) is 16.9 Å². The minimum absolute atomic E-state index is 0.251. The number of rotatable bonds is 17. The first-order valence-electron chi connectivity index (χ1n) is 18.0. The predicted molar refractivity (Wildman–Crippen MR) is 202 cm³/mol. The smallest absolute Gasteiger partial charge is 0.229 e. The van der Waals surface area contributed by atoms with Crippen LogP contribution in [0.1, 0.15) is 55.5 Å². The van der Waals surface area contributed by atoms with Gasteiger partial charge in [0.05, 0.1) is 24.4 Å². The van der Waals surface area contributed by atoms with Crippen molar-refractivity contribution in [3.63, 3.8) is 0 Å². The van der Waals surface area contributed by atoms with Gasteiger partial charge in [-0.25, -0.2) is 9.67 Å². The highest BCUT2D eigenvalue weighted by atomic mass is 16.5. The largest absolute Gasteiger partial charge is 0.496 e. The molecule has 0 atom stereocenters. The van der Waals surface area contributed by atoms with Crippen molar-refractivity contribution in [1.82, 2.24) is 35.2 Å². The fraction of sp³-hybridized carbons (Fsp3) is 0.487. The lowest BCUT2D eigenvalue weighted by Gasteiger charge is -2.26. The number of anilines is 1. The van der Waals surface area contributed by atoms with Crippen molar-refractivity contribution in [1.29, 1.82) is 0 Å². The van der Waals surface area contributed by atoms with Crippen LogP contribution in [0, 0.1) is 0 Å². The summed E-state index contributed by atoms with van der Waals surface area (Å²) in [4.78, 5) is 35.5. The molecule has 274 valence electrons. The number of nitrogens with one attached hydrogen (secondary N) is 3. The highest BCUT2D eigenvalue weighted by molar-refractivity contribution is 5.97. The highest BCUT2D eigenvalue weighted by Gasteiger charge is 2.22. The maximum atomic E-state index is 13.1. The maximum absolute atomic E-state index is 13.1. The second kappa shape index (κ2) is 18.1. The molecule has 1 aliphatic rings. The number of amides is 2. The zero-order valence-corrected chi connectivity index (χ0v) is 31.1. The molecule has 2 aromatic heterocycles. The van der Waals surface area contributed by atoms with Gasteiger partial charge in [-0.15, -0.1) is 0 Å². The van der Waals surface area contributed by atoms with E-state index in [4.69, 9.17) is 14.5 Å². The van der Waals surface area contributed by atoms with Gasteiger partial charge in [0.25, 0.3) is 0 Å². The van der Waals surface area contributed by atoms with Crippen LogP contribution in [0.2, 0.25) is 0 Å². The molecule has 3 N–H and O–H groups in total. The second-order valence-electron chi connectivity index (χ2n) is 13.5. The zero-order chi connectivity index (χ0) is 36.3. The number of benzene rings is 2. The number of hydrogen-bond acceptors (Lipinski definition) is 9. The van der Waals surface area contributed by atoms with E-state index in [9.17, 15) is 9.59 Å². The minimum Gasteiger partial charge on any atom is -0.496 e. The van der Waals surface area contributed by atoms with Crippen LogP contribution in [0.5, 0.6) is 5.75 Å². The molecule has 0 spiro atoms. The Morgan fingerprint density at radius 2 is 1.75 bits per heavy atom. The van der Waals surface area contributed by atoms with E-state index in [0.29, 0.717) is 26.2 Å². The van der Waals surface area contributed by atoms with E-state index < -0.39 is 0 Å². The van der Waals surface area contributed by atoms with Crippen LogP contribution in [-0.4, -0.2) is 97.0 Å². The molecule has 1 fully saturated rings. The Kier molecular flexibility index (Phi) is 13.4. The molecule has 2 amide bonds. The Bertz CT molecular complexity index is 1780. The molecule has 0 bridgehead atoms. The molecule has 0 aliphatic carbocycles. The second-order valence-corrected chi connectivity index (χ2v) is 13.5. The molecule has 1 aliphatic heterocycles. The Balaban J connectivity index is 1.22.